The second kappa shape index (κ2) is 8.86. The van der Waals surface area contributed by atoms with Crippen LogP contribution in [0.3, 0.4) is 0 Å². The number of morpholine rings is 1. The summed E-state index contributed by atoms with van der Waals surface area (Å²) in [7, 11) is 2.20. The van der Waals surface area contributed by atoms with E-state index in [1.165, 1.54) is 22.2 Å². The van der Waals surface area contributed by atoms with Gasteiger partial charge in [0.2, 0.25) is 0 Å². The van der Waals surface area contributed by atoms with Crippen molar-refractivity contribution in [3.05, 3.63) is 53.9 Å². The molecule has 0 amide bonds. The van der Waals surface area contributed by atoms with Crippen LogP contribution in [-0.4, -0.2) is 84.2 Å². The molecule has 0 radical (unpaired) electrons. The number of pyridine rings is 1. The lowest BCUT2D eigenvalue weighted by molar-refractivity contribution is 0.0337. The molecule has 158 valence electrons. The van der Waals surface area contributed by atoms with Gasteiger partial charge in [0.05, 0.1) is 18.9 Å². The van der Waals surface area contributed by atoms with E-state index in [0.717, 1.165) is 76.8 Å². The minimum atomic E-state index is 0.827. The van der Waals surface area contributed by atoms with Crippen LogP contribution in [0.5, 0.6) is 0 Å². The number of likely N-dealkylation sites (N-methyl/N-ethyl adjacent to an activating group) is 1. The molecule has 2 aliphatic rings. The molecule has 2 aromatic heterocycles. The summed E-state index contributed by atoms with van der Waals surface area (Å²) < 4.78 is 5.47. The number of H-pyrrole nitrogens is 1. The summed E-state index contributed by atoms with van der Waals surface area (Å²) in [5.41, 5.74) is 6.01. The van der Waals surface area contributed by atoms with Crippen molar-refractivity contribution in [2.75, 3.05) is 59.5 Å². The first-order valence-electron chi connectivity index (χ1n) is 11.0. The molecule has 0 saturated carbocycles. The largest absolute Gasteiger partial charge is 0.379 e. The van der Waals surface area contributed by atoms with E-state index < -0.39 is 0 Å². The lowest BCUT2D eigenvalue weighted by atomic mass is 10.1. The van der Waals surface area contributed by atoms with Crippen LogP contribution in [0, 0.1) is 0 Å². The van der Waals surface area contributed by atoms with Crippen LogP contribution in [-0.2, 0) is 17.8 Å². The number of nitrogens with one attached hydrogen (secondary N) is 1. The smallest absolute Gasteiger partial charge is 0.0795 e. The van der Waals surface area contributed by atoms with Crippen molar-refractivity contribution in [2.45, 2.75) is 13.1 Å². The zero-order chi connectivity index (χ0) is 20.3. The molecule has 0 aliphatic carbocycles. The molecule has 1 aromatic carbocycles. The molecule has 0 atom stereocenters. The number of aromatic nitrogens is 2. The quantitative estimate of drug-likeness (QED) is 0.707. The fraction of sp³-hybridized carbons (Fsp3) is 0.458. The highest BCUT2D eigenvalue weighted by Crippen LogP contribution is 2.28. The maximum absolute atomic E-state index is 5.47. The third-order valence-corrected chi connectivity index (χ3v) is 6.33. The summed E-state index contributed by atoms with van der Waals surface area (Å²) in [6, 6.07) is 13.3. The van der Waals surface area contributed by atoms with E-state index in [4.69, 9.17) is 9.72 Å². The molecule has 6 heteroatoms. The normalized spacial score (nSPS) is 19.5. The lowest BCUT2D eigenvalue weighted by Crippen LogP contribution is -2.43. The van der Waals surface area contributed by atoms with Gasteiger partial charge in [0.1, 0.15) is 0 Å². The Morgan fingerprint density at radius 1 is 0.900 bits per heavy atom. The van der Waals surface area contributed by atoms with Crippen molar-refractivity contribution < 1.29 is 4.74 Å². The molecule has 1 N–H and O–H groups in total. The molecular formula is C24H31N5O. The molecule has 5 rings (SSSR count). The van der Waals surface area contributed by atoms with Crippen molar-refractivity contribution in [2.24, 2.45) is 0 Å². The maximum atomic E-state index is 5.47. The Kier molecular flexibility index (Phi) is 5.82. The van der Waals surface area contributed by atoms with E-state index in [1.54, 1.807) is 0 Å². The summed E-state index contributed by atoms with van der Waals surface area (Å²) in [5.74, 6) is 0. The number of rotatable bonds is 5. The summed E-state index contributed by atoms with van der Waals surface area (Å²) in [6.07, 6.45) is 1.91. The highest BCUT2D eigenvalue weighted by molar-refractivity contribution is 5.93. The number of aromatic amines is 1. The van der Waals surface area contributed by atoms with Crippen LogP contribution >= 0.6 is 0 Å². The highest BCUT2D eigenvalue weighted by atomic mass is 16.5. The van der Waals surface area contributed by atoms with Crippen LogP contribution in [0.4, 0.5) is 0 Å². The van der Waals surface area contributed by atoms with Gasteiger partial charge in [0, 0.05) is 80.7 Å². The number of fused-ring (bicyclic) bond motifs is 1. The van der Waals surface area contributed by atoms with Crippen LogP contribution in [0.1, 0.15) is 11.3 Å². The van der Waals surface area contributed by atoms with E-state index >= 15 is 0 Å². The molecule has 30 heavy (non-hydrogen) atoms. The van der Waals surface area contributed by atoms with Gasteiger partial charge in [-0.2, -0.15) is 0 Å². The van der Waals surface area contributed by atoms with Gasteiger partial charge in [-0.15, -0.1) is 0 Å². The number of nitrogens with zero attached hydrogens (tertiary/aromatic N) is 4. The molecule has 0 bridgehead atoms. The van der Waals surface area contributed by atoms with Crippen molar-refractivity contribution in [3.63, 3.8) is 0 Å². The SMILES string of the molecule is CN1CCN(Cc2ccc(-c3nccc4[nH]c(CN5CCOCC5)cc34)cc2)CC1. The van der Waals surface area contributed by atoms with E-state index in [-0.39, 0.29) is 0 Å². The Hall–Kier alpha value is -2.25. The van der Waals surface area contributed by atoms with Gasteiger partial charge >= 0.3 is 0 Å². The monoisotopic (exact) mass is 405 g/mol. The van der Waals surface area contributed by atoms with Crippen molar-refractivity contribution in [1.82, 2.24) is 24.7 Å². The second-order valence-electron chi connectivity index (χ2n) is 8.58. The summed E-state index contributed by atoms with van der Waals surface area (Å²) in [6.45, 7) is 10.2. The first kappa shape index (κ1) is 19.7. The number of hydrogen-bond acceptors (Lipinski definition) is 5. The van der Waals surface area contributed by atoms with Gasteiger partial charge in [-0.25, -0.2) is 0 Å². The third kappa shape index (κ3) is 4.42. The standard InChI is InChI=1S/C24H31N5O/c1-27-8-10-28(11-9-27)17-19-2-4-20(5-3-19)24-22-16-21(26-23(22)6-7-25-24)18-29-12-14-30-15-13-29/h2-7,16,26H,8-15,17-18H2,1H3. The Labute approximate surface area is 178 Å². The summed E-state index contributed by atoms with van der Waals surface area (Å²) in [5, 5.41) is 1.20. The fourth-order valence-electron chi connectivity index (χ4n) is 4.46. The Morgan fingerprint density at radius 2 is 1.63 bits per heavy atom. The molecule has 3 aromatic rings. The summed E-state index contributed by atoms with van der Waals surface area (Å²) >= 11 is 0. The van der Waals surface area contributed by atoms with E-state index in [9.17, 15) is 0 Å². The maximum Gasteiger partial charge on any atom is 0.0795 e. The van der Waals surface area contributed by atoms with E-state index in [0.29, 0.717) is 0 Å². The summed E-state index contributed by atoms with van der Waals surface area (Å²) in [4.78, 5) is 15.7. The van der Waals surface area contributed by atoms with Gasteiger partial charge in [0.25, 0.3) is 0 Å². The molecular weight excluding hydrogens is 374 g/mol. The van der Waals surface area contributed by atoms with Crippen LogP contribution in [0.25, 0.3) is 22.2 Å². The Balaban J connectivity index is 1.32. The third-order valence-electron chi connectivity index (χ3n) is 6.33. The molecule has 2 aliphatic heterocycles. The zero-order valence-electron chi connectivity index (χ0n) is 17.8. The van der Waals surface area contributed by atoms with Gasteiger partial charge in [-0.1, -0.05) is 24.3 Å². The van der Waals surface area contributed by atoms with Crippen molar-refractivity contribution in [1.29, 1.82) is 0 Å². The minimum absolute atomic E-state index is 0.827. The first-order chi connectivity index (χ1) is 14.7. The van der Waals surface area contributed by atoms with Crippen LogP contribution in [0.2, 0.25) is 0 Å². The van der Waals surface area contributed by atoms with Gasteiger partial charge in [-0.05, 0) is 24.7 Å². The van der Waals surface area contributed by atoms with Crippen molar-refractivity contribution in [3.8, 4) is 11.3 Å². The van der Waals surface area contributed by atoms with Gasteiger partial charge < -0.3 is 14.6 Å². The molecule has 0 unspecified atom stereocenters. The average molecular weight is 406 g/mol. The molecule has 2 fully saturated rings. The predicted molar refractivity (Wildman–Crippen MR) is 120 cm³/mol. The number of piperazine rings is 1. The number of benzene rings is 1. The van der Waals surface area contributed by atoms with Crippen molar-refractivity contribution >= 4 is 10.9 Å². The molecule has 0 spiro atoms. The topological polar surface area (TPSA) is 47.6 Å². The second-order valence-corrected chi connectivity index (χ2v) is 8.58. The van der Waals surface area contributed by atoms with E-state index in [1.807, 2.05) is 6.20 Å². The van der Waals surface area contributed by atoms with E-state index in [2.05, 4.69) is 63.1 Å². The lowest BCUT2D eigenvalue weighted by Gasteiger charge is -2.32. The Morgan fingerprint density at radius 3 is 2.40 bits per heavy atom. The zero-order valence-corrected chi connectivity index (χ0v) is 17.8. The molecule has 4 heterocycles. The van der Waals surface area contributed by atoms with Crippen LogP contribution in [0.15, 0.2) is 42.6 Å². The average Bonchev–Trinajstić information content (AvgIpc) is 3.19. The molecule has 2 saturated heterocycles. The fourth-order valence-corrected chi connectivity index (χ4v) is 4.46. The number of hydrogen-bond donors (Lipinski definition) is 1. The Bertz CT molecular complexity index is 969. The van der Waals surface area contributed by atoms with Gasteiger partial charge in [0.15, 0.2) is 0 Å². The van der Waals surface area contributed by atoms with Gasteiger partial charge in [-0.3, -0.25) is 14.8 Å². The molecule has 6 nitrogen and oxygen atoms in total. The minimum Gasteiger partial charge on any atom is -0.379 e. The number of ether oxygens (including phenoxy) is 1. The predicted octanol–water partition coefficient (Wildman–Crippen LogP) is 2.81. The first-order valence-corrected chi connectivity index (χ1v) is 11.0. The highest BCUT2D eigenvalue weighted by Gasteiger charge is 2.15. The van der Waals surface area contributed by atoms with Crippen LogP contribution < -0.4 is 0 Å².